The molecule has 1 aliphatic heterocycles. The molecule has 2 amide bonds. The molecule has 0 radical (unpaired) electrons. The Labute approximate surface area is 102 Å². The lowest BCUT2D eigenvalue weighted by atomic mass is 10.0. The van der Waals surface area contributed by atoms with Gasteiger partial charge in [-0.05, 0) is 13.8 Å². The molecule has 1 heterocycles. The van der Waals surface area contributed by atoms with Crippen molar-refractivity contribution in [2.45, 2.75) is 25.6 Å². The van der Waals surface area contributed by atoms with Crippen LogP contribution in [0.25, 0.3) is 0 Å². The number of hydrogen-bond donors (Lipinski definition) is 1. The van der Waals surface area contributed by atoms with E-state index in [2.05, 4.69) is 10.1 Å². The van der Waals surface area contributed by atoms with Crippen molar-refractivity contribution in [1.29, 1.82) is 0 Å². The molecule has 0 atom stereocenters. The summed E-state index contributed by atoms with van der Waals surface area (Å²) in [7, 11) is 0. The van der Waals surface area contributed by atoms with Crippen molar-refractivity contribution < 1.29 is 27.5 Å². The molecule has 0 aromatic carbocycles. The fourth-order valence-corrected chi connectivity index (χ4v) is 1.63. The van der Waals surface area contributed by atoms with Gasteiger partial charge in [0.1, 0.15) is 12.1 Å². The van der Waals surface area contributed by atoms with Gasteiger partial charge in [0.2, 0.25) is 11.8 Å². The van der Waals surface area contributed by atoms with Crippen LogP contribution in [-0.4, -0.2) is 54.7 Å². The average Bonchev–Trinajstić information content (AvgIpc) is 2.17. The molecule has 1 aliphatic rings. The number of amides is 2. The first kappa shape index (κ1) is 14.7. The average molecular weight is 268 g/mol. The monoisotopic (exact) mass is 268 g/mol. The Balaban J connectivity index is 2.42. The summed E-state index contributed by atoms with van der Waals surface area (Å²) in [6.07, 6.45) is -4.39. The largest absolute Gasteiger partial charge is 0.411 e. The fraction of sp³-hybridized carbons (Fsp3) is 0.800. The Morgan fingerprint density at radius 3 is 2.56 bits per heavy atom. The molecule has 8 heteroatoms. The number of carbonyl (C=O) groups excluding carboxylic acids is 2. The van der Waals surface area contributed by atoms with Crippen LogP contribution in [0, 0.1) is 0 Å². The van der Waals surface area contributed by atoms with Crippen LogP contribution in [0.3, 0.4) is 0 Å². The van der Waals surface area contributed by atoms with Gasteiger partial charge in [-0.3, -0.25) is 9.59 Å². The van der Waals surface area contributed by atoms with E-state index in [9.17, 15) is 22.8 Å². The van der Waals surface area contributed by atoms with E-state index < -0.39 is 18.3 Å². The highest BCUT2D eigenvalue weighted by molar-refractivity contribution is 5.97. The minimum atomic E-state index is -4.39. The maximum Gasteiger partial charge on any atom is 0.411 e. The lowest BCUT2D eigenvalue weighted by molar-refractivity contribution is -0.175. The highest BCUT2D eigenvalue weighted by Gasteiger charge is 2.38. The first-order valence-corrected chi connectivity index (χ1v) is 5.37. The van der Waals surface area contributed by atoms with Crippen LogP contribution < -0.4 is 5.32 Å². The second-order valence-electron chi connectivity index (χ2n) is 4.57. The number of halogens is 3. The number of ether oxygens (including phenoxy) is 1. The van der Waals surface area contributed by atoms with Crippen LogP contribution in [0.15, 0.2) is 0 Å². The van der Waals surface area contributed by atoms with E-state index in [0.29, 0.717) is 0 Å². The van der Waals surface area contributed by atoms with Gasteiger partial charge < -0.3 is 15.0 Å². The van der Waals surface area contributed by atoms with Gasteiger partial charge in [-0.15, -0.1) is 0 Å². The molecule has 1 saturated heterocycles. The van der Waals surface area contributed by atoms with Crippen molar-refractivity contribution in [1.82, 2.24) is 10.2 Å². The van der Waals surface area contributed by atoms with Crippen molar-refractivity contribution in [2.24, 2.45) is 0 Å². The van der Waals surface area contributed by atoms with E-state index in [1.165, 1.54) is 18.7 Å². The molecule has 0 aliphatic carbocycles. The van der Waals surface area contributed by atoms with Crippen molar-refractivity contribution in [2.75, 3.05) is 26.3 Å². The van der Waals surface area contributed by atoms with Crippen LogP contribution in [0.1, 0.15) is 13.8 Å². The summed E-state index contributed by atoms with van der Waals surface area (Å²) in [5.41, 5.74) is -1.03. The number of carbonyl (C=O) groups is 2. The molecule has 0 aromatic rings. The molecule has 0 unspecified atom stereocenters. The molecule has 0 bridgehead atoms. The predicted octanol–water partition coefficient (Wildman–Crippen LogP) is 0.302. The number of piperazine rings is 1. The SMILES string of the molecule is CC1(C)NC(=O)CN(CCOCC(F)(F)F)C1=O. The van der Waals surface area contributed by atoms with Gasteiger partial charge in [-0.25, -0.2) is 0 Å². The third-order valence-electron chi connectivity index (χ3n) is 2.38. The molecular weight excluding hydrogens is 253 g/mol. The Morgan fingerprint density at radius 1 is 1.39 bits per heavy atom. The molecule has 18 heavy (non-hydrogen) atoms. The van der Waals surface area contributed by atoms with E-state index in [1.54, 1.807) is 0 Å². The zero-order valence-corrected chi connectivity index (χ0v) is 10.1. The second kappa shape index (κ2) is 5.13. The third-order valence-corrected chi connectivity index (χ3v) is 2.38. The van der Waals surface area contributed by atoms with Gasteiger partial charge >= 0.3 is 6.18 Å². The van der Waals surface area contributed by atoms with Crippen LogP contribution in [0.5, 0.6) is 0 Å². The van der Waals surface area contributed by atoms with E-state index in [-0.39, 0.29) is 31.5 Å². The molecule has 104 valence electrons. The maximum absolute atomic E-state index is 11.8. The van der Waals surface area contributed by atoms with E-state index in [4.69, 9.17) is 0 Å². The van der Waals surface area contributed by atoms with Crippen molar-refractivity contribution in [3.05, 3.63) is 0 Å². The van der Waals surface area contributed by atoms with Crippen molar-refractivity contribution >= 4 is 11.8 Å². The normalized spacial score (nSPS) is 19.9. The van der Waals surface area contributed by atoms with E-state index in [1.807, 2.05) is 0 Å². The Morgan fingerprint density at radius 2 is 2.00 bits per heavy atom. The van der Waals surface area contributed by atoms with Gasteiger partial charge in [0.05, 0.1) is 13.2 Å². The highest BCUT2D eigenvalue weighted by atomic mass is 19.4. The minimum Gasteiger partial charge on any atom is -0.370 e. The van der Waals surface area contributed by atoms with Crippen LogP contribution in [0.2, 0.25) is 0 Å². The predicted molar refractivity (Wildman–Crippen MR) is 55.7 cm³/mol. The van der Waals surface area contributed by atoms with E-state index in [0.717, 1.165) is 0 Å². The maximum atomic E-state index is 11.8. The molecule has 0 saturated carbocycles. The standard InChI is InChI=1S/C10H15F3N2O3/c1-9(2)8(17)15(5-7(16)14-9)3-4-18-6-10(11,12)13/h3-6H2,1-2H3,(H,14,16). The van der Waals surface area contributed by atoms with E-state index >= 15 is 0 Å². The summed E-state index contributed by atoms with van der Waals surface area (Å²) >= 11 is 0. The molecule has 5 nitrogen and oxygen atoms in total. The molecule has 1 N–H and O–H groups in total. The van der Waals surface area contributed by atoms with Gasteiger partial charge in [0.25, 0.3) is 0 Å². The van der Waals surface area contributed by atoms with Crippen molar-refractivity contribution in [3.63, 3.8) is 0 Å². The number of nitrogens with zero attached hydrogens (tertiary/aromatic N) is 1. The fourth-order valence-electron chi connectivity index (χ4n) is 1.63. The first-order chi connectivity index (χ1) is 8.12. The van der Waals surface area contributed by atoms with Crippen LogP contribution in [-0.2, 0) is 14.3 Å². The molecule has 1 fully saturated rings. The topological polar surface area (TPSA) is 58.6 Å². The quantitative estimate of drug-likeness (QED) is 0.746. The summed E-state index contributed by atoms with van der Waals surface area (Å²) < 4.78 is 39.8. The Bertz CT molecular complexity index is 342. The van der Waals surface area contributed by atoms with Gasteiger partial charge in [0, 0.05) is 6.54 Å². The number of nitrogens with one attached hydrogen (secondary N) is 1. The highest BCUT2D eigenvalue weighted by Crippen LogP contribution is 2.15. The number of rotatable bonds is 4. The minimum absolute atomic E-state index is 0.0359. The second-order valence-corrected chi connectivity index (χ2v) is 4.57. The molecular formula is C10H15F3N2O3. The Kier molecular flexibility index (Phi) is 4.20. The molecule has 1 rings (SSSR count). The Hall–Kier alpha value is -1.31. The smallest absolute Gasteiger partial charge is 0.370 e. The lowest BCUT2D eigenvalue weighted by Crippen LogP contribution is -2.64. The lowest BCUT2D eigenvalue weighted by Gasteiger charge is -2.37. The summed E-state index contributed by atoms with van der Waals surface area (Å²) in [6.45, 7) is 1.27. The summed E-state index contributed by atoms with van der Waals surface area (Å²) in [5.74, 6) is -0.673. The zero-order chi connectivity index (χ0) is 14.0. The molecule has 0 aromatic heterocycles. The third kappa shape index (κ3) is 4.17. The summed E-state index contributed by atoms with van der Waals surface area (Å²) in [6, 6.07) is 0. The zero-order valence-electron chi connectivity index (χ0n) is 10.1. The van der Waals surface area contributed by atoms with Crippen molar-refractivity contribution in [3.8, 4) is 0 Å². The van der Waals surface area contributed by atoms with Crippen LogP contribution in [0.4, 0.5) is 13.2 Å². The van der Waals surface area contributed by atoms with Crippen LogP contribution >= 0.6 is 0 Å². The summed E-state index contributed by atoms with van der Waals surface area (Å²) in [4.78, 5) is 24.3. The van der Waals surface area contributed by atoms with Gasteiger partial charge in [0.15, 0.2) is 0 Å². The van der Waals surface area contributed by atoms with Gasteiger partial charge in [-0.1, -0.05) is 0 Å². The first-order valence-electron chi connectivity index (χ1n) is 5.37. The molecule has 0 spiro atoms. The number of alkyl halides is 3. The number of hydrogen-bond acceptors (Lipinski definition) is 3. The summed E-state index contributed by atoms with van der Waals surface area (Å²) in [5, 5.41) is 2.50. The van der Waals surface area contributed by atoms with Gasteiger partial charge in [-0.2, -0.15) is 13.2 Å².